The van der Waals surface area contributed by atoms with Gasteiger partial charge in [-0.3, -0.25) is 0 Å². The van der Waals surface area contributed by atoms with E-state index in [1.54, 1.807) is 6.07 Å². The molecule has 0 radical (unpaired) electrons. The number of rotatable bonds is 1. The molecule has 6 heteroatoms. The summed E-state index contributed by atoms with van der Waals surface area (Å²) in [7, 11) is 0. The molecule has 17 heavy (non-hydrogen) atoms. The maximum absolute atomic E-state index is 6.15. The molecule has 90 valence electrons. The lowest BCUT2D eigenvalue weighted by Crippen LogP contribution is -2.28. The van der Waals surface area contributed by atoms with E-state index in [1.807, 2.05) is 0 Å². The third-order valence-corrected chi connectivity index (χ3v) is 3.89. The summed E-state index contributed by atoms with van der Waals surface area (Å²) in [5.41, 5.74) is 6.38. The average molecular weight is 271 g/mol. The fourth-order valence-corrected chi connectivity index (χ4v) is 2.97. The zero-order valence-electron chi connectivity index (χ0n) is 9.20. The molecule has 0 aliphatic carbocycles. The summed E-state index contributed by atoms with van der Waals surface area (Å²) in [6, 6.07) is 1.75. The van der Waals surface area contributed by atoms with Crippen LogP contribution in [0, 0.1) is 0 Å². The molecule has 0 amide bonds. The summed E-state index contributed by atoms with van der Waals surface area (Å²) in [6.07, 6.45) is 0.987. The van der Waals surface area contributed by atoms with E-state index in [2.05, 4.69) is 11.9 Å². The Kier molecular flexibility index (Phi) is 2.52. The Morgan fingerprint density at radius 3 is 3.24 bits per heavy atom. The first-order valence-electron chi connectivity index (χ1n) is 5.37. The molecule has 1 aliphatic rings. The van der Waals surface area contributed by atoms with Gasteiger partial charge >= 0.3 is 0 Å². The van der Waals surface area contributed by atoms with Crippen LogP contribution in [-0.2, 0) is 0 Å². The minimum Gasteiger partial charge on any atom is -0.484 e. The molecule has 3 rings (SSSR count). The van der Waals surface area contributed by atoms with Crippen LogP contribution in [0.2, 0.25) is 5.02 Å². The number of aromatic nitrogens is 1. The van der Waals surface area contributed by atoms with Crippen molar-refractivity contribution in [3.63, 3.8) is 0 Å². The number of ether oxygens (including phenoxy) is 2. The van der Waals surface area contributed by atoms with Crippen molar-refractivity contribution in [3.05, 3.63) is 11.1 Å². The number of benzene rings is 1. The van der Waals surface area contributed by atoms with Gasteiger partial charge in [0.15, 0.2) is 16.6 Å². The highest BCUT2D eigenvalue weighted by molar-refractivity contribution is 7.22. The molecule has 2 aromatic rings. The molecule has 1 atom stereocenters. The maximum atomic E-state index is 6.15. The Morgan fingerprint density at radius 1 is 1.65 bits per heavy atom. The lowest BCUT2D eigenvalue weighted by atomic mass is 10.2. The van der Waals surface area contributed by atoms with E-state index in [-0.39, 0.29) is 6.10 Å². The fraction of sp³-hybridized carbons (Fsp3) is 0.364. The topological polar surface area (TPSA) is 57.4 Å². The van der Waals surface area contributed by atoms with Crippen LogP contribution in [0.25, 0.3) is 10.2 Å². The summed E-state index contributed by atoms with van der Waals surface area (Å²) < 4.78 is 12.4. The zero-order chi connectivity index (χ0) is 12.0. The number of hydrogen-bond donors (Lipinski definition) is 1. The quantitative estimate of drug-likeness (QED) is 0.865. The smallest absolute Gasteiger partial charge is 0.181 e. The van der Waals surface area contributed by atoms with Crippen molar-refractivity contribution >= 4 is 38.3 Å². The molecule has 2 N–H and O–H groups in total. The van der Waals surface area contributed by atoms with Crippen molar-refractivity contribution in [1.82, 2.24) is 4.98 Å². The lowest BCUT2D eigenvalue weighted by molar-refractivity contribution is 0.0902. The Balaban J connectivity index is 2.20. The number of nitrogens with two attached hydrogens (primary N) is 1. The summed E-state index contributed by atoms with van der Waals surface area (Å²) in [5, 5.41) is 1.03. The van der Waals surface area contributed by atoms with Gasteiger partial charge in [0.05, 0.1) is 5.02 Å². The van der Waals surface area contributed by atoms with Crippen molar-refractivity contribution in [2.45, 2.75) is 19.4 Å². The second kappa shape index (κ2) is 3.92. The first-order chi connectivity index (χ1) is 8.19. The predicted octanol–water partition coefficient (Wildman–Crippen LogP) is 3.08. The van der Waals surface area contributed by atoms with Crippen molar-refractivity contribution in [3.8, 4) is 11.5 Å². The van der Waals surface area contributed by atoms with Crippen LogP contribution in [0.3, 0.4) is 0 Å². The van der Waals surface area contributed by atoms with Gasteiger partial charge in [-0.1, -0.05) is 29.9 Å². The number of thiazole rings is 1. The van der Waals surface area contributed by atoms with Gasteiger partial charge in [0.1, 0.15) is 22.9 Å². The van der Waals surface area contributed by atoms with E-state index >= 15 is 0 Å². The number of nitrogens with zero attached hydrogens (tertiary/aromatic N) is 1. The summed E-state index contributed by atoms with van der Waals surface area (Å²) >= 11 is 7.52. The van der Waals surface area contributed by atoms with Crippen LogP contribution >= 0.6 is 22.9 Å². The molecular weight excluding hydrogens is 260 g/mol. The van der Waals surface area contributed by atoms with Crippen LogP contribution in [-0.4, -0.2) is 17.7 Å². The fourth-order valence-electron chi connectivity index (χ4n) is 1.83. The largest absolute Gasteiger partial charge is 0.484 e. The van der Waals surface area contributed by atoms with Crippen LogP contribution in [0.1, 0.15) is 13.3 Å². The molecule has 4 nitrogen and oxygen atoms in total. The molecule has 0 saturated carbocycles. The molecule has 0 saturated heterocycles. The minimum atomic E-state index is 0.0845. The van der Waals surface area contributed by atoms with Gasteiger partial charge in [0.2, 0.25) is 0 Å². The Hall–Kier alpha value is -1.20. The molecule has 0 bridgehead atoms. The van der Waals surface area contributed by atoms with E-state index in [9.17, 15) is 0 Å². The summed E-state index contributed by atoms with van der Waals surface area (Å²) in [5.74, 6) is 1.40. The van der Waals surface area contributed by atoms with Gasteiger partial charge in [0, 0.05) is 6.07 Å². The number of nitrogen functional groups attached to an aromatic ring is 1. The van der Waals surface area contributed by atoms with Crippen LogP contribution in [0.5, 0.6) is 11.5 Å². The third-order valence-electron chi connectivity index (χ3n) is 2.72. The highest BCUT2D eigenvalue weighted by Crippen LogP contribution is 2.45. The van der Waals surface area contributed by atoms with Gasteiger partial charge < -0.3 is 15.2 Å². The molecule has 1 aromatic heterocycles. The van der Waals surface area contributed by atoms with E-state index in [0.29, 0.717) is 33.8 Å². The number of fused-ring (bicyclic) bond motifs is 3. The highest BCUT2D eigenvalue weighted by atomic mass is 35.5. The molecule has 0 unspecified atom stereocenters. The summed E-state index contributed by atoms with van der Waals surface area (Å²) in [4.78, 5) is 4.19. The number of halogens is 1. The SMILES string of the molecule is CC[C@H]1COc2c(cc(Cl)c3nc(N)sc23)O1. The second-order valence-electron chi connectivity index (χ2n) is 3.87. The van der Waals surface area contributed by atoms with Crippen molar-refractivity contribution < 1.29 is 9.47 Å². The minimum absolute atomic E-state index is 0.0845. The molecule has 1 aromatic carbocycles. The van der Waals surface area contributed by atoms with Gasteiger partial charge in [-0.2, -0.15) is 0 Å². The van der Waals surface area contributed by atoms with Gasteiger partial charge in [-0.05, 0) is 6.42 Å². The Labute approximate surface area is 107 Å². The van der Waals surface area contributed by atoms with E-state index in [0.717, 1.165) is 11.1 Å². The molecule has 0 spiro atoms. The lowest BCUT2D eigenvalue weighted by Gasteiger charge is -2.26. The standard InChI is InChI=1S/C11H11ClN2O2S/c1-2-5-4-15-9-7(16-5)3-6(12)8-10(9)17-11(13)14-8/h3,5H,2,4H2,1H3,(H2,13,14)/t5-/m0/s1. The Bertz CT molecular complexity index is 584. The van der Waals surface area contributed by atoms with E-state index in [4.69, 9.17) is 26.8 Å². The molecule has 2 heterocycles. The third kappa shape index (κ3) is 1.70. The van der Waals surface area contributed by atoms with Crippen LogP contribution < -0.4 is 15.2 Å². The zero-order valence-corrected chi connectivity index (χ0v) is 10.8. The molecular formula is C11H11ClN2O2S. The summed E-state index contributed by atoms with van der Waals surface area (Å²) in [6.45, 7) is 2.61. The molecule has 1 aliphatic heterocycles. The van der Waals surface area contributed by atoms with E-state index in [1.165, 1.54) is 11.3 Å². The highest BCUT2D eigenvalue weighted by Gasteiger charge is 2.24. The number of hydrogen-bond acceptors (Lipinski definition) is 5. The van der Waals surface area contributed by atoms with Gasteiger partial charge in [-0.25, -0.2) is 4.98 Å². The monoisotopic (exact) mass is 270 g/mol. The maximum Gasteiger partial charge on any atom is 0.181 e. The molecule has 0 fully saturated rings. The predicted molar refractivity (Wildman–Crippen MR) is 69.2 cm³/mol. The van der Waals surface area contributed by atoms with Crippen LogP contribution in [0.15, 0.2) is 6.07 Å². The van der Waals surface area contributed by atoms with Crippen molar-refractivity contribution in [2.75, 3.05) is 12.3 Å². The van der Waals surface area contributed by atoms with Gasteiger partial charge in [-0.15, -0.1) is 0 Å². The first kappa shape index (κ1) is 10.9. The first-order valence-corrected chi connectivity index (χ1v) is 6.56. The number of anilines is 1. The normalized spacial score (nSPS) is 18.6. The average Bonchev–Trinajstić information content (AvgIpc) is 2.71. The van der Waals surface area contributed by atoms with Crippen molar-refractivity contribution in [1.29, 1.82) is 0 Å². The van der Waals surface area contributed by atoms with E-state index < -0.39 is 0 Å². The van der Waals surface area contributed by atoms with Crippen molar-refractivity contribution in [2.24, 2.45) is 0 Å². The second-order valence-corrected chi connectivity index (χ2v) is 5.31. The van der Waals surface area contributed by atoms with Gasteiger partial charge in [0.25, 0.3) is 0 Å². The van der Waals surface area contributed by atoms with Crippen LogP contribution in [0.4, 0.5) is 5.13 Å². The Morgan fingerprint density at radius 2 is 2.47 bits per heavy atom.